The lowest BCUT2D eigenvalue weighted by Crippen LogP contribution is -2.31. The van der Waals surface area contributed by atoms with Crippen LogP contribution in [0.3, 0.4) is 0 Å². The Morgan fingerprint density at radius 1 is 1.29 bits per heavy atom. The maximum absolute atomic E-state index is 13.2. The molecule has 2 N–H and O–H groups in total. The number of benzene rings is 2. The molecule has 0 bridgehead atoms. The molecule has 0 spiro atoms. The first kappa shape index (κ1) is 19.5. The minimum atomic E-state index is -0.859. The minimum Gasteiger partial charge on any atom is -0.497 e. The zero-order valence-electron chi connectivity index (χ0n) is 15.5. The number of rotatable bonds is 5. The number of ether oxygens (including phenoxy) is 1. The second kappa shape index (κ2) is 8.19. The van der Waals surface area contributed by atoms with Gasteiger partial charge in [-0.3, -0.25) is 14.5 Å². The van der Waals surface area contributed by atoms with E-state index in [4.69, 9.17) is 10.5 Å². The molecule has 1 aliphatic heterocycles. The molecule has 2 aromatic carbocycles. The fourth-order valence-electron chi connectivity index (χ4n) is 3.04. The third-order valence-electron chi connectivity index (χ3n) is 4.34. The SMILES string of the molecule is COc1cccc(N2C(=O)C(Cc3cccc(C)c3)S/C2=C(/C#N)C(N)=O)c1. The largest absolute Gasteiger partial charge is 0.497 e. The summed E-state index contributed by atoms with van der Waals surface area (Å²) < 4.78 is 5.24. The Labute approximate surface area is 167 Å². The van der Waals surface area contributed by atoms with E-state index >= 15 is 0 Å². The van der Waals surface area contributed by atoms with E-state index in [1.54, 1.807) is 24.3 Å². The summed E-state index contributed by atoms with van der Waals surface area (Å²) in [6.45, 7) is 1.99. The van der Waals surface area contributed by atoms with Gasteiger partial charge < -0.3 is 10.5 Å². The molecule has 0 aliphatic carbocycles. The monoisotopic (exact) mass is 393 g/mol. The van der Waals surface area contributed by atoms with E-state index in [1.165, 1.54) is 23.8 Å². The molecule has 0 saturated carbocycles. The van der Waals surface area contributed by atoms with Crippen LogP contribution in [0.4, 0.5) is 5.69 Å². The van der Waals surface area contributed by atoms with Gasteiger partial charge in [-0.05, 0) is 31.0 Å². The lowest BCUT2D eigenvalue weighted by Gasteiger charge is -2.19. The third kappa shape index (κ3) is 3.87. The van der Waals surface area contributed by atoms with Gasteiger partial charge in [-0.1, -0.05) is 47.7 Å². The first-order chi connectivity index (χ1) is 13.4. The van der Waals surface area contributed by atoms with E-state index in [9.17, 15) is 14.9 Å². The molecule has 6 nitrogen and oxygen atoms in total. The molecule has 1 aliphatic rings. The summed E-state index contributed by atoms with van der Waals surface area (Å²) in [5, 5.41) is 9.22. The van der Waals surface area contributed by atoms with E-state index in [1.807, 2.05) is 37.3 Å². The van der Waals surface area contributed by atoms with E-state index in [0.717, 1.165) is 11.1 Å². The van der Waals surface area contributed by atoms with Crippen LogP contribution in [0.1, 0.15) is 11.1 Å². The van der Waals surface area contributed by atoms with Crippen LogP contribution in [0, 0.1) is 18.3 Å². The normalized spacial score (nSPS) is 18.0. The maximum atomic E-state index is 13.2. The first-order valence-electron chi connectivity index (χ1n) is 8.59. The summed E-state index contributed by atoms with van der Waals surface area (Å²) in [4.78, 5) is 26.4. The van der Waals surface area contributed by atoms with Crippen molar-refractivity contribution >= 4 is 29.3 Å². The molecule has 1 heterocycles. The Morgan fingerprint density at radius 2 is 2.04 bits per heavy atom. The highest BCUT2D eigenvalue weighted by atomic mass is 32.2. The fraction of sp³-hybridized carbons (Fsp3) is 0.190. The van der Waals surface area contributed by atoms with Crippen molar-refractivity contribution in [1.82, 2.24) is 0 Å². The van der Waals surface area contributed by atoms with Crippen LogP contribution < -0.4 is 15.4 Å². The summed E-state index contributed by atoms with van der Waals surface area (Å²) in [5.74, 6) is -0.500. The highest BCUT2D eigenvalue weighted by molar-refractivity contribution is 8.05. The standard InChI is InChI=1S/C21H19N3O3S/c1-13-5-3-6-14(9-13)10-18-20(26)24(15-7-4-8-16(11-15)27-2)21(28-18)17(12-22)19(23)25/h3-9,11,18H,10H2,1-2H3,(H2,23,25)/b21-17-. The van der Waals surface area contributed by atoms with Crippen molar-refractivity contribution in [3.63, 3.8) is 0 Å². The molecule has 2 aromatic rings. The second-order valence-corrected chi connectivity index (χ2v) is 7.52. The number of hydrogen-bond acceptors (Lipinski definition) is 5. The molecule has 1 saturated heterocycles. The van der Waals surface area contributed by atoms with Crippen LogP contribution in [0.25, 0.3) is 0 Å². The summed E-state index contributed by atoms with van der Waals surface area (Å²) in [6, 6.07) is 16.7. The zero-order chi connectivity index (χ0) is 20.3. The number of primary amides is 1. The molecule has 3 rings (SSSR count). The summed E-state index contributed by atoms with van der Waals surface area (Å²) >= 11 is 1.19. The van der Waals surface area contributed by atoms with Crippen LogP contribution in [0.5, 0.6) is 5.75 Å². The van der Waals surface area contributed by atoms with Crippen LogP contribution >= 0.6 is 11.8 Å². The zero-order valence-corrected chi connectivity index (χ0v) is 16.3. The van der Waals surface area contributed by atoms with Gasteiger partial charge in [0.05, 0.1) is 18.0 Å². The number of carbonyl (C=O) groups is 2. The van der Waals surface area contributed by atoms with Crippen molar-refractivity contribution in [1.29, 1.82) is 5.26 Å². The first-order valence-corrected chi connectivity index (χ1v) is 9.47. The van der Waals surface area contributed by atoms with Gasteiger partial charge in [-0.2, -0.15) is 5.26 Å². The summed E-state index contributed by atoms with van der Waals surface area (Å²) in [6.07, 6.45) is 0.479. The van der Waals surface area contributed by atoms with Gasteiger partial charge in [-0.15, -0.1) is 0 Å². The number of hydrogen-bond donors (Lipinski definition) is 1. The Hall–Kier alpha value is -3.24. The molecule has 2 amide bonds. The molecule has 1 atom stereocenters. The van der Waals surface area contributed by atoms with Crippen LogP contribution in [0.2, 0.25) is 0 Å². The molecule has 0 radical (unpaired) electrons. The van der Waals surface area contributed by atoms with Gasteiger partial charge in [0.1, 0.15) is 22.4 Å². The van der Waals surface area contributed by atoms with Gasteiger partial charge >= 0.3 is 0 Å². The van der Waals surface area contributed by atoms with E-state index in [0.29, 0.717) is 17.9 Å². The Kier molecular flexibility index (Phi) is 5.71. The number of anilines is 1. The number of thioether (sulfide) groups is 1. The van der Waals surface area contributed by atoms with Crippen LogP contribution in [-0.2, 0) is 16.0 Å². The number of nitrogens with zero attached hydrogens (tertiary/aromatic N) is 2. The second-order valence-electron chi connectivity index (χ2n) is 6.33. The molecule has 7 heteroatoms. The quantitative estimate of drug-likeness (QED) is 0.622. The van der Waals surface area contributed by atoms with E-state index in [-0.39, 0.29) is 16.5 Å². The van der Waals surface area contributed by atoms with Gasteiger partial charge in [0, 0.05) is 6.07 Å². The Balaban J connectivity index is 2.05. The van der Waals surface area contributed by atoms with Gasteiger partial charge in [0.15, 0.2) is 0 Å². The molecule has 0 aromatic heterocycles. The van der Waals surface area contributed by atoms with Crippen molar-refractivity contribution in [2.45, 2.75) is 18.6 Å². The number of carbonyl (C=O) groups excluding carboxylic acids is 2. The number of amides is 2. The highest BCUT2D eigenvalue weighted by Crippen LogP contribution is 2.42. The molecular weight excluding hydrogens is 374 g/mol. The Bertz CT molecular complexity index is 1010. The Morgan fingerprint density at radius 3 is 2.68 bits per heavy atom. The highest BCUT2D eigenvalue weighted by Gasteiger charge is 2.40. The maximum Gasteiger partial charge on any atom is 0.262 e. The van der Waals surface area contributed by atoms with Crippen molar-refractivity contribution in [3.05, 3.63) is 70.3 Å². The smallest absolute Gasteiger partial charge is 0.262 e. The van der Waals surface area contributed by atoms with Crippen LogP contribution in [0.15, 0.2) is 59.1 Å². The van der Waals surface area contributed by atoms with Crippen molar-refractivity contribution in [2.24, 2.45) is 5.73 Å². The minimum absolute atomic E-state index is 0.205. The average Bonchev–Trinajstić information content (AvgIpc) is 2.98. The molecule has 142 valence electrons. The number of nitriles is 1. The number of methoxy groups -OCH3 is 1. The third-order valence-corrected chi connectivity index (χ3v) is 5.60. The predicted molar refractivity (Wildman–Crippen MR) is 109 cm³/mol. The topological polar surface area (TPSA) is 96.4 Å². The van der Waals surface area contributed by atoms with Gasteiger partial charge in [-0.25, -0.2) is 0 Å². The van der Waals surface area contributed by atoms with Gasteiger partial charge in [0.2, 0.25) is 5.91 Å². The van der Waals surface area contributed by atoms with Crippen molar-refractivity contribution < 1.29 is 14.3 Å². The molecule has 28 heavy (non-hydrogen) atoms. The molecule has 1 unspecified atom stereocenters. The summed E-state index contributed by atoms with van der Waals surface area (Å²) in [7, 11) is 1.53. The lowest BCUT2D eigenvalue weighted by atomic mass is 10.1. The molecule has 1 fully saturated rings. The predicted octanol–water partition coefficient (Wildman–Crippen LogP) is 2.92. The van der Waals surface area contributed by atoms with E-state index < -0.39 is 11.2 Å². The van der Waals surface area contributed by atoms with Crippen LogP contribution in [-0.4, -0.2) is 24.2 Å². The average molecular weight is 393 g/mol. The fourth-order valence-corrected chi connectivity index (χ4v) is 4.35. The number of nitrogens with two attached hydrogens (primary N) is 1. The summed E-state index contributed by atoms with van der Waals surface area (Å²) in [5.41, 5.74) is 7.79. The van der Waals surface area contributed by atoms with Crippen molar-refractivity contribution in [3.8, 4) is 11.8 Å². The molecular formula is C21H19N3O3S. The van der Waals surface area contributed by atoms with Crippen molar-refractivity contribution in [2.75, 3.05) is 12.0 Å². The number of aryl methyl sites for hydroxylation is 1. The lowest BCUT2D eigenvalue weighted by molar-refractivity contribution is -0.117. The van der Waals surface area contributed by atoms with Gasteiger partial charge in [0.25, 0.3) is 5.91 Å². The van der Waals surface area contributed by atoms with E-state index in [2.05, 4.69) is 0 Å².